The molecule has 1 heterocycles. The van der Waals surface area contributed by atoms with E-state index in [1.165, 1.54) is 12.3 Å². The van der Waals surface area contributed by atoms with Crippen molar-refractivity contribution in [3.63, 3.8) is 0 Å². The summed E-state index contributed by atoms with van der Waals surface area (Å²) in [6.45, 7) is 4.14. The normalized spacial score (nSPS) is 11.1. The molecule has 0 spiro atoms. The molecule has 0 radical (unpaired) electrons. The Balaban J connectivity index is 2.39. The summed E-state index contributed by atoms with van der Waals surface area (Å²) in [6.07, 6.45) is 3.37. The smallest absolute Gasteiger partial charge is 0.229 e. The number of hydrogen-bond donors (Lipinski definition) is 1. The van der Waals surface area contributed by atoms with Crippen molar-refractivity contribution >= 4 is 5.88 Å². The fourth-order valence-corrected chi connectivity index (χ4v) is 2.22. The summed E-state index contributed by atoms with van der Waals surface area (Å²) in [6, 6.07) is 5.19. The van der Waals surface area contributed by atoms with E-state index >= 15 is 0 Å². The van der Waals surface area contributed by atoms with E-state index in [2.05, 4.69) is 19.0 Å². The van der Waals surface area contributed by atoms with Gasteiger partial charge in [-0.15, -0.1) is 0 Å². The van der Waals surface area contributed by atoms with E-state index in [1.807, 2.05) is 12.1 Å². The first kappa shape index (κ1) is 12.6. The number of hydrogen-bond acceptors (Lipinski definition) is 3. The van der Waals surface area contributed by atoms with Crippen molar-refractivity contribution in [3.05, 3.63) is 35.8 Å². The average Bonchev–Trinajstić information content (AvgIpc) is 2.79. The Hall–Kier alpha value is -1.84. The first-order chi connectivity index (χ1) is 8.67. The quantitative estimate of drug-likeness (QED) is 0.890. The van der Waals surface area contributed by atoms with Gasteiger partial charge in [-0.3, -0.25) is 0 Å². The molecule has 0 saturated heterocycles. The van der Waals surface area contributed by atoms with Crippen LogP contribution in [0.15, 0.2) is 28.9 Å². The number of nitrogens with two attached hydrogens (primary N) is 1. The summed E-state index contributed by atoms with van der Waals surface area (Å²) in [5.41, 5.74) is 7.71. The van der Waals surface area contributed by atoms with Crippen LogP contribution in [0.1, 0.15) is 38.2 Å². The summed E-state index contributed by atoms with van der Waals surface area (Å²) in [5, 5.41) is 3.60. The van der Waals surface area contributed by atoms with Gasteiger partial charge >= 0.3 is 0 Å². The Morgan fingerprint density at radius 3 is 2.56 bits per heavy atom. The molecule has 2 N–H and O–H groups in total. The minimum atomic E-state index is -0.193. The van der Waals surface area contributed by atoms with E-state index < -0.39 is 0 Å². The number of halogens is 1. The Morgan fingerprint density at radius 1 is 1.33 bits per heavy atom. The van der Waals surface area contributed by atoms with E-state index in [0.717, 1.165) is 18.4 Å². The van der Waals surface area contributed by atoms with Gasteiger partial charge in [0, 0.05) is 0 Å². The lowest BCUT2D eigenvalue weighted by Gasteiger charge is -2.14. The van der Waals surface area contributed by atoms with Crippen LogP contribution in [0.5, 0.6) is 0 Å². The molecule has 18 heavy (non-hydrogen) atoms. The number of nitrogen functional groups attached to an aromatic ring is 1. The molecule has 0 aliphatic rings. The summed E-state index contributed by atoms with van der Waals surface area (Å²) in [7, 11) is 0. The van der Waals surface area contributed by atoms with E-state index in [1.54, 1.807) is 0 Å². The van der Waals surface area contributed by atoms with Gasteiger partial charge in [0.1, 0.15) is 5.82 Å². The van der Waals surface area contributed by atoms with Crippen molar-refractivity contribution in [1.29, 1.82) is 0 Å². The van der Waals surface area contributed by atoms with Crippen LogP contribution < -0.4 is 5.73 Å². The fraction of sp³-hybridized carbons (Fsp3) is 0.357. The third kappa shape index (κ3) is 2.23. The van der Waals surface area contributed by atoms with Gasteiger partial charge in [0.25, 0.3) is 0 Å². The zero-order valence-electron chi connectivity index (χ0n) is 10.6. The van der Waals surface area contributed by atoms with E-state index in [-0.39, 0.29) is 17.6 Å². The van der Waals surface area contributed by atoms with Gasteiger partial charge in [-0.2, -0.15) is 0 Å². The minimum Gasteiger partial charge on any atom is -0.367 e. The first-order valence-corrected chi connectivity index (χ1v) is 6.17. The highest BCUT2D eigenvalue weighted by Gasteiger charge is 2.14. The molecule has 0 saturated carbocycles. The number of benzene rings is 1. The largest absolute Gasteiger partial charge is 0.367 e. The third-order valence-corrected chi connectivity index (χ3v) is 3.34. The fourth-order valence-electron chi connectivity index (χ4n) is 2.22. The molecule has 4 heteroatoms. The minimum absolute atomic E-state index is 0.193. The second-order valence-corrected chi connectivity index (χ2v) is 4.35. The molecule has 0 fully saturated rings. The SMILES string of the molecule is CCC(CC)c1ccc(-c2cnoc2N)cc1F. The van der Waals surface area contributed by atoms with E-state index in [0.29, 0.717) is 11.1 Å². The van der Waals surface area contributed by atoms with Crippen molar-refractivity contribution < 1.29 is 8.91 Å². The van der Waals surface area contributed by atoms with Gasteiger partial charge in [0.05, 0.1) is 11.8 Å². The lowest BCUT2D eigenvalue weighted by Crippen LogP contribution is -1.99. The number of anilines is 1. The highest BCUT2D eigenvalue weighted by atomic mass is 19.1. The van der Waals surface area contributed by atoms with Crippen molar-refractivity contribution in [2.75, 3.05) is 5.73 Å². The van der Waals surface area contributed by atoms with Gasteiger partial charge in [0.15, 0.2) is 0 Å². The Morgan fingerprint density at radius 2 is 2.06 bits per heavy atom. The Labute approximate surface area is 106 Å². The lowest BCUT2D eigenvalue weighted by atomic mass is 9.92. The molecule has 1 aromatic carbocycles. The molecular formula is C14H17FN2O. The van der Waals surface area contributed by atoms with Gasteiger partial charge in [-0.05, 0) is 36.0 Å². The zero-order chi connectivity index (χ0) is 13.1. The van der Waals surface area contributed by atoms with Gasteiger partial charge in [-0.25, -0.2) is 4.39 Å². The first-order valence-electron chi connectivity index (χ1n) is 6.17. The van der Waals surface area contributed by atoms with Gasteiger partial charge < -0.3 is 10.3 Å². The highest BCUT2D eigenvalue weighted by Crippen LogP contribution is 2.31. The molecule has 2 aromatic rings. The molecule has 2 rings (SSSR count). The molecule has 1 aromatic heterocycles. The van der Waals surface area contributed by atoms with Crippen molar-refractivity contribution in [2.24, 2.45) is 0 Å². The van der Waals surface area contributed by atoms with Crippen LogP contribution in [0.4, 0.5) is 10.3 Å². The highest BCUT2D eigenvalue weighted by molar-refractivity contribution is 5.72. The van der Waals surface area contributed by atoms with Crippen LogP contribution in [0.2, 0.25) is 0 Å². The topological polar surface area (TPSA) is 52.0 Å². The van der Waals surface area contributed by atoms with Crippen LogP contribution >= 0.6 is 0 Å². The predicted octanol–water partition coefficient (Wildman–Crippen LogP) is 3.97. The van der Waals surface area contributed by atoms with Crippen molar-refractivity contribution in [1.82, 2.24) is 5.16 Å². The molecule has 0 bridgehead atoms. The third-order valence-electron chi connectivity index (χ3n) is 3.34. The van der Waals surface area contributed by atoms with Crippen LogP contribution in [0.25, 0.3) is 11.1 Å². The van der Waals surface area contributed by atoms with E-state index in [9.17, 15) is 4.39 Å². The summed E-state index contributed by atoms with van der Waals surface area (Å²) >= 11 is 0. The second kappa shape index (κ2) is 5.21. The van der Waals surface area contributed by atoms with Crippen LogP contribution in [0, 0.1) is 5.82 Å². The maximum atomic E-state index is 14.1. The van der Waals surface area contributed by atoms with Gasteiger partial charge in [-0.1, -0.05) is 31.1 Å². The summed E-state index contributed by atoms with van der Waals surface area (Å²) in [4.78, 5) is 0. The molecule has 0 unspecified atom stereocenters. The zero-order valence-corrected chi connectivity index (χ0v) is 10.6. The van der Waals surface area contributed by atoms with Crippen LogP contribution in [0.3, 0.4) is 0 Å². The molecule has 0 atom stereocenters. The monoisotopic (exact) mass is 248 g/mol. The number of nitrogens with zero attached hydrogens (tertiary/aromatic N) is 1. The maximum Gasteiger partial charge on any atom is 0.229 e. The van der Waals surface area contributed by atoms with E-state index in [4.69, 9.17) is 10.3 Å². The second-order valence-electron chi connectivity index (χ2n) is 4.35. The number of rotatable bonds is 4. The van der Waals surface area contributed by atoms with Crippen LogP contribution in [-0.2, 0) is 0 Å². The molecular weight excluding hydrogens is 231 g/mol. The molecule has 0 aliphatic heterocycles. The molecule has 3 nitrogen and oxygen atoms in total. The van der Waals surface area contributed by atoms with Crippen molar-refractivity contribution in [2.45, 2.75) is 32.6 Å². The maximum absolute atomic E-state index is 14.1. The standard InChI is InChI=1S/C14H17FN2O/c1-3-9(4-2)11-6-5-10(7-13(11)15)12-8-17-18-14(12)16/h5-9H,3-4,16H2,1-2H3. The predicted molar refractivity (Wildman–Crippen MR) is 69.6 cm³/mol. The average molecular weight is 248 g/mol. The molecule has 96 valence electrons. The molecule has 0 amide bonds. The Bertz CT molecular complexity index is 532. The number of aromatic nitrogens is 1. The van der Waals surface area contributed by atoms with Gasteiger partial charge in [0.2, 0.25) is 5.88 Å². The van der Waals surface area contributed by atoms with Crippen molar-refractivity contribution in [3.8, 4) is 11.1 Å². The summed E-state index contributed by atoms with van der Waals surface area (Å²) < 4.78 is 18.9. The van der Waals surface area contributed by atoms with Crippen LogP contribution in [-0.4, -0.2) is 5.16 Å². The molecule has 0 aliphatic carbocycles. The summed E-state index contributed by atoms with van der Waals surface area (Å²) in [5.74, 6) is 0.283. The lowest BCUT2D eigenvalue weighted by molar-refractivity contribution is 0.436. The Kier molecular flexibility index (Phi) is 3.65.